The first kappa shape index (κ1) is 8.70. The normalized spacial score (nSPS) is 26.2. The molecule has 1 unspecified atom stereocenters. The van der Waals surface area contributed by atoms with Gasteiger partial charge in [0.15, 0.2) is 0 Å². The molecule has 0 saturated carbocycles. The molecule has 1 atom stereocenters. The first-order valence-electron chi connectivity index (χ1n) is 4.03. The Morgan fingerprint density at radius 1 is 1.54 bits per heavy atom. The van der Waals surface area contributed by atoms with Gasteiger partial charge in [0.05, 0.1) is 0 Å². The standard InChI is InChI=1S/C10H8ClFO/c1-6-2-3-8-7(4-6)5-10(11,12)9(8)13/h2-4H,5H2,1H3. The van der Waals surface area contributed by atoms with Gasteiger partial charge in [-0.1, -0.05) is 35.4 Å². The summed E-state index contributed by atoms with van der Waals surface area (Å²) in [6.07, 6.45) is -0.00952. The van der Waals surface area contributed by atoms with Crippen LogP contribution in [0.5, 0.6) is 0 Å². The number of rotatable bonds is 0. The second-order valence-corrected chi connectivity index (χ2v) is 3.97. The van der Waals surface area contributed by atoms with Crippen molar-refractivity contribution < 1.29 is 9.18 Å². The van der Waals surface area contributed by atoms with Gasteiger partial charge >= 0.3 is 0 Å². The molecule has 0 aromatic heterocycles. The lowest BCUT2D eigenvalue weighted by atomic mass is 10.1. The number of aryl methyl sites for hydroxylation is 1. The van der Waals surface area contributed by atoms with E-state index < -0.39 is 10.9 Å². The average Bonchev–Trinajstić information content (AvgIpc) is 2.22. The highest BCUT2D eigenvalue weighted by atomic mass is 35.5. The van der Waals surface area contributed by atoms with E-state index in [1.54, 1.807) is 18.2 Å². The average molecular weight is 199 g/mol. The Bertz CT molecular complexity index is 385. The lowest BCUT2D eigenvalue weighted by molar-refractivity contribution is 0.0855. The zero-order chi connectivity index (χ0) is 9.64. The molecule has 1 aliphatic carbocycles. The zero-order valence-corrected chi connectivity index (χ0v) is 7.86. The fraction of sp³-hybridized carbons (Fsp3) is 0.300. The van der Waals surface area contributed by atoms with Crippen molar-refractivity contribution in [3.05, 3.63) is 34.9 Å². The third-order valence-corrected chi connectivity index (χ3v) is 2.56. The Morgan fingerprint density at radius 2 is 2.23 bits per heavy atom. The summed E-state index contributed by atoms with van der Waals surface area (Å²) >= 11 is 5.42. The monoisotopic (exact) mass is 198 g/mol. The molecular weight excluding hydrogens is 191 g/mol. The molecule has 3 heteroatoms. The van der Waals surface area contributed by atoms with Gasteiger partial charge in [-0.05, 0) is 12.5 Å². The SMILES string of the molecule is Cc1ccc2c(c1)CC(F)(Cl)C2=O. The van der Waals surface area contributed by atoms with E-state index in [1.807, 2.05) is 6.92 Å². The number of halogens is 2. The molecule has 1 aliphatic rings. The molecule has 0 spiro atoms. The van der Waals surface area contributed by atoms with Crippen LogP contribution in [0.2, 0.25) is 0 Å². The van der Waals surface area contributed by atoms with Crippen LogP contribution in [0.4, 0.5) is 4.39 Å². The molecule has 0 amide bonds. The highest BCUT2D eigenvalue weighted by molar-refractivity contribution is 6.38. The van der Waals surface area contributed by atoms with Crippen LogP contribution >= 0.6 is 11.6 Å². The first-order valence-corrected chi connectivity index (χ1v) is 4.41. The zero-order valence-electron chi connectivity index (χ0n) is 7.10. The molecule has 2 rings (SSSR count). The Balaban J connectivity index is 2.57. The Kier molecular flexibility index (Phi) is 1.70. The summed E-state index contributed by atoms with van der Waals surface area (Å²) in [5.41, 5.74) is 2.14. The highest BCUT2D eigenvalue weighted by Crippen LogP contribution is 2.36. The lowest BCUT2D eigenvalue weighted by Gasteiger charge is -2.04. The van der Waals surface area contributed by atoms with Crippen molar-refractivity contribution in [2.24, 2.45) is 0 Å². The van der Waals surface area contributed by atoms with Gasteiger partial charge in [-0.25, -0.2) is 4.39 Å². The molecule has 13 heavy (non-hydrogen) atoms. The van der Waals surface area contributed by atoms with E-state index in [9.17, 15) is 9.18 Å². The molecule has 0 bridgehead atoms. The van der Waals surface area contributed by atoms with E-state index in [1.165, 1.54) is 0 Å². The van der Waals surface area contributed by atoms with Crippen molar-refractivity contribution >= 4 is 17.4 Å². The predicted octanol–water partition coefficient (Wildman–Crippen LogP) is 2.64. The molecule has 1 nitrogen and oxygen atoms in total. The number of fused-ring (bicyclic) bond motifs is 1. The van der Waals surface area contributed by atoms with Crippen molar-refractivity contribution in [2.75, 3.05) is 0 Å². The molecule has 0 radical (unpaired) electrons. The molecule has 1 aromatic rings. The van der Waals surface area contributed by atoms with Gasteiger partial charge in [0.2, 0.25) is 10.9 Å². The lowest BCUT2D eigenvalue weighted by Crippen LogP contribution is -2.22. The van der Waals surface area contributed by atoms with Crippen LogP contribution < -0.4 is 0 Å². The molecule has 68 valence electrons. The maximum absolute atomic E-state index is 13.3. The van der Waals surface area contributed by atoms with Crippen LogP contribution in [0.25, 0.3) is 0 Å². The number of ketones is 1. The van der Waals surface area contributed by atoms with Crippen molar-refractivity contribution in [1.29, 1.82) is 0 Å². The minimum absolute atomic E-state index is 0.00952. The topological polar surface area (TPSA) is 17.1 Å². The van der Waals surface area contributed by atoms with Crippen LogP contribution in [0.1, 0.15) is 21.5 Å². The van der Waals surface area contributed by atoms with Gasteiger partial charge in [-0.15, -0.1) is 0 Å². The number of carbonyl (C=O) groups excluding carboxylic acids is 1. The molecule has 0 heterocycles. The van der Waals surface area contributed by atoms with Crippen molar-refractivity contribution in [3.63, 3.8) is 0 Å². The van der Waals surface area contributed by atoms with Gasteiger partial charge in [-0.3, -0.25) is 4.79 Å². The Hall–Kier alpha value is -0.890. The minimum Gasteiger partial charge on any atom is -0.289 e. The molecule has 1 aromatic carbocycles. The van der Waals surface area contributed by atoms with Gasteiger partial charge in [0, 0.05) is 12.0 Å². The number of Topliss-reactive ketones (excluding diaryl/α,β-unsaturated/α-hetero) is 1. The molecule has 0 N–H and O–H groups in total. The number of benzene rings is 1. The summed E-state index contributed by atoms with van der Waals surface area (Å²) in [5.74, 6) is -0.607. The van der Waals surface area contributed by atoms with Crippen molar-refractivity contribution in [3.8, 4) is 0 Å². The molecule has 0 saturated heterocycles. The third-order valence-electron chi connectivity index (χ3n) is 2.25. The summed E-state index contributed by atoms with van der Waals surface area (Å²) in [6.45, 7) is 1.90. The predicted molar refractivity (Wildman–Crippen MR) is 48.9 cm³/mol. The van der Waals surface area contributed by atoms with Gasteiger partial charge < -0.3 is 0 Å². The van der Waals surface area contributed by atoms with E-state index in [0.717, 1.165) is 5.56 Å². The highest BCUT2D eigenvalue weighted by Gasteiger charge is 2.44. The van der Waals surface area contributed by atoms with E-state index in [2.05, 4.69) is 0 Å². The van der Waals surface area contributed by atoms with Crippen LogP contribution in [-0.4, -0.2) is 10.9 Å². The Morgan fingerprint density at radius 3 is 2.92 bits per heavy atom. The molecular formula is C10H8ClFO. The van der Waals surface area contributed by atoms with Gasteiger partial charge in [-0.2, -0.15) is 0 Å². The van der Waals surface area contributed by atoms with Crippen molar-refractivity contribution in [1.82, 2.24) is 0 Å². The molecule has 0 aliphatic heterocycles. The van der Waals surface area contributed by atoms with Crippen LogP contribution in [0, 0.1) is 6.92 Å². The quantitative estimate of drug-likeness (QED) is 0.586. The smallest absolute Gasteiger partial charge is 0.249 e. The van der Waals surface area contributed by atoms with Crippen molar-refractivity contribution in [2.45, 2.75) is 18.5 Å². The van der Waals surface area contributed by atoms with Crippen LogP contribution in [-0.2, 0) is 6.42 Å². The fourth-order valence-corrected chi connectivity index (χ4v) is 1.85. The number of hydrogen-bond acceptors (Lipinski definition) is 1. The second-order valence-electron chi connectivity index (χ2n) is 3.37. The first-order chi connectivity index (χ1) is 6.00. The van der Waals surface area contributed by atoms with E-state index in [0.29, 0.717) is 11.1 Å². The summed E-state index contributed by atoms with van der Waals surface area (Å²) in [7, 11) is 0. The second kappa shape index (κ2) is 2.55. The minimum atomic E-state index is -2.21. The number of hydrogen-bond donors (Lipinski definition) is 0. The summed E-state index contributed by atoms with van der Waals surface area (Å²) in [4.78, 5) is 11.3. The van der Waals surface area contributed by atoms with Crippen LogP contribution in [0.15, 0.2) is 18.2 Å². The van der Waals surface area contributed by atoms with E-state index in [4.69, 9.17) is 11.6 Å². The fourth-order valence-electron chi connectivity index (χ4n) is 1.61. The summed E-state index contributed by atoms with van der Waals surface area (Å²) < 4.78 is 13.3. The van der Waals surface area contributed by atoms with Crippen LogP contribution in [0.3, 0.4) is 0 Å². The Labute approximate surface area is 80.5 Å². The number of carbonyl (C=O) groups is 1. The third kappa shape index (κ3) is 1.25. The largest absolute Gasteiger partial charge is 0.289 e. The maximum atomic E-state index is 13.3. The van der Waals surface area contributed by atoms with Gasteiger partial charge in [0.25, 0.3) is 0 Å². The molecule has 0 fully saturated rings. The summed E-state index contributed by atoms with van der Waals surface area (Å²) in [6, 6.07) is 5.22. The number of alkyl halides is 2. The van der Waals surface area contributed by atoms with Gasteiger partial charge in [0.1, 0.15) is 0 Å². The summed E-state index contributed by atoms with van der Waals surface area (Å²) in [5, 5.41) is -2.21. The van der Waals surface area contributed by atoms with E-state index >= 15 is 0 Å². The van der Waals surface area contributed by atoms with E-state index in [-0.39, 0.29) is 6.42 Å². The maximum Gasteiger partial charge on any atom is 0.249 e.